The summed E-state index contributed by atoms with van der Waals surface area (Å²) in [5, 5.41) is 10.9. The van der Waals surface area contributed by atoms with E-state index in [1.165, 1.54) is 0 Å². The third-order valence-corrected chi connectivity index (χ3v) is 6.53. The van der Waals surface area contributed by atoms with Gasteiger partial charge in [0.05, 0.1) is 23.5 Å². The smallest absolute Gasteiger partial charge is 0.407 e. The second-order valence-electron chi connectivity index (χ2n) is 10.2. The van der Waals surface area contributed by atoms with Crippen molar-refractivity contribution in [1.82, 2.24) is 25.0 Å². The van der Waals surface area contributed by atoms with Gasteiger partial charge in [-0.3, -0.25) is 14.4 Å². The number of hydrogen-bond acceptors (Lipinski definition) is 6. The van der Waals surface area contributed by atoms with E-state index in [4.69, 9.17) is 16.3 Å². The Morgan fingerprint density at radius 2 is 1.97 bits per heavy atom. The lowest BCUT2D eigenvalue weighted by Crippen LogP contribution is -2.43. The molecule has 2 amide bonds. The summed E-state index contributed by atoms with van der Waals surface area (Å²) in [5.41, 5.74) is 2.30. The van der Waals surface area contributed by atoms with Crippen LogP contribution in [0, 0.1) is 5.92 Å². The van der Waals surface area contributed by atoms with Gasteiger partial charge in [0.25, 0.3) is 0 Å². The lowest BCUT2D eigenvalue weighted by molar-refractivity contribution is -0.121. The Balaban J connectivity index is 1.43. The van der Waals surface area contributed by atoms with Crippen LogP contribution in [-0.4, -0.2) is 56.9 Å². The van der Waals surface area contributed by atoms with Crippen LogP contribution < -0.4 is 10.6 Å². The Kier molecular flexibility index (Phi) is 7.14. The maximum atomic E-state index is 13.0. The predicted molar refractivity (Wildman–Crippen MR) is 131 cm³/mol. The van der Waals surface area contributed by atoms with Crippen LogP contribution in [-0.2, 0) is 22.6 Å². The fourth-order valence-corrected chi connectivity index (χ4v) is 4.78. The normalized spacial score (nSPS) is 21.0. The number of likely N-dealkylation sites (N-methyl/N-ethyl adjacent to an activating group) is 1. The molecule has 2 aliphatic rings. The number of nitrogens with one attached hydrogen (secondary N) is 2. The summed E-state index contributed by atoms with van der Waals surface area (Å²) in [4.78, 5) is 31.7. The molecule has 34 heavy (non-hydrogen) atoms. The highest BCUT2D eigenvalue weighted by Crippen LogP contribution is 2.34. The van der Waals surface area contributed by atoms with Crippen LogP contribution in [0.4, 0.5) is 10.6 Å². The number of rotatable bonds is 4. The van der Waals surface area contributed by atoms with Crippen LogP contribution in [0.3, 0.4) is 0 Å². The van der Waals surface area contributed by atoms with E-state index < -0.39 is 11.7 Å². The minimum atomic E-state index is -0.558. The molecule has 1 aliphatic heterocycles. The third-order valence-electron chi connectivity index (χ3n) is 6.22. The van der Waals surface area contributed by atoms with Gasteiger partial charge in [-0.2, -0.15) is 5.10 Å². The first-order valence-electron chi connectivity index (χ1n) is 11.8. The molecule has 4 rings (SSSR count). The maximum Gasteiger partial charge on any atom is 0.407 e. The van der Waals surface area contributed by atoms with Gasteiger partial charge >= 0.3 is 6.09 Å². The molecule has 184 valence electrons. The van der Waals surface area contributed by atoms with Crippen molar-refractivity contribution in [2.24, 2.45) is 5.92 Å². The average Bonchev–Trinajstić information content (AvgIpc) is 3.16. The van der Waals surface area contributed by atoms with Crippen molar-refractivity contribution in [3.63, 3.8) is 0 Å². The second-order valence-corrected chi connectivity index (χ2v) is 10.6. The number of nitrogens with zero attached hydrogens (tertiary/aromatic N) is 4. The van der Waals surface area contributed by atoms with Crippen molar-refractivity contribution in [2.75, 3.05) is 18.9 Å². The lowest BCUT2D eigenvalue weighted by Gasteiger charge is -2.30. The molecule has 0 aromatic carbocycles. The Labute approximate surface area is 205 Å². The molecule has 0 unspecified atom stereocenters. The number of ether oxygens (including phenoxy) is 1. The van der Waals surface area contributed by atoms with Gasteiger partial charge in [0.1, 0.15) is 11.4 Å². The molecule has 9 nitrogen and oxygen atoms in total. The van der Waals surface area contributed by atoms with Gasteiger partial charge < -0.3 is 15.4 Å². The van der Waals surface area contributed by atoms with Gasteiger partial charge in [-0.1, -0.05) is 18.0 Å². The van der Waals surface area contributed by atoms with Gasteiger partial charge in [0.15, 0.2) is 0 Å². The van der Waals surface area contributed by atoms with Crippen molar-refractivity contribution in [3.05, 3.63) is 29.2 Å². The molecule has 0 bridgehead atoms. The zero-order chi connectivity index (χ0) is 24.5. The molecule has 10 heteroatoms. The number of amides is 2. The van der Waals surface area contributed by atoms with Crippen molar-refractivity contribution < 1.29 is 14.3 Å². The highest BCUT2D eigenvalue weighted by Gasteiger charge is 2.30. The summed E-state index contributed by atoms with van der Waals surface area (Å²) < 4.78 is 7.36. The highest BCUT2D eigenvalue weighted by molar-refractivity contribution is 6.33. The Bertz CT molecular complexity index is 1060. The second kappa shape index (κ2) is 9.92. The SMILES string of the molecule is CN1CCn2ncc(-c3cc(NC(=O)[C@H]4CCC[C@@H](NC(=O)OC(C)(C)C)C4)ncc3Cl)c2C1. The average molecular weight is 489 g/mol. The summed E-state index contributed by atoms with van der Waals surface area (Å²) in [6.45, 7) is 8.05. The van der Waals surface area contributed by atoms with Crippen molar-refractivity contribution in [1.29, 1.82) is 0 Å². The predicted octanol–water partition coefficient (Wildman–Crippen LogP) is 4.07. The van der Waals surface area contributed by atoms with Crippen LogP contribution in [0.2, 0.25) is 5.02 Å². The van der Waals surface area contributed by atoms with E-state index in [1.807, 2.05) is 37.7 Å². The number of anilines is 1. The number of carbonyl (C=O) groups is 2. The minimum Gasteiger partial charge on any atom is -0.444 e. The topological polar surface area (TPSA) is 101 Å². The van der Waals surface area contributed by atoms with Crippen molar-refractivity contribution >= 4 is 29.4 Å². The first-order chi connectivity index (χ1) is 16.1. The van der Waals surface area contributed by atoms with Gasteiger partial charge in [0.2, 0.25) is 5.91 Å². The fourth-order valence-electron chi connectivity index (χ4n) is 4.57. The lowest BCUT2D eigenvalue weighted by atomic mass is 9.85. The molecule has 3 heterocycles. The molecule has 2 aromatic rings. The van der Waals surface area contributed by atoms with E-state index >= 15 is 0 Å². The quantitative estimate of drug-likeness (QED) is 0.672. The molecule has 0 spiro atoms. The number of halogens is 1. The van der Waals surface area contributed by atoms with E-state index in [2.05, 4.69) is 32.7 Å². The zero-order valence-corrected chi connectivity index (χ0v) is 21.0. The summed E-state index contributed by atoms with van der Waals surface area (Å²) in [5.74, 6) is 0.135. The Morgan fingerprint density at radius 1 is 1.18 bits per heavy atom. The fraction of sp³-hybridized carbons (Fsp3) is 0.583. The number of aromatic nitrogens is 3. The van der Waals surface area contributed by atoms with Crippen LogP contribution in [0.5, 0.6) is 0 Å². The summed E-state index contributed by atoms with van der Waals surface area (Å²) in [7, 11) is 2.08. The molecule has 1 saturated carbocycles. The Morgan fingerprint density at radius 3 is 2.74 bits per heavy atom. The number of alkyl carbamates (subject to hydrolysis) is 1. The molecule has 0 radical (unpaired) electrons. The standard InChI is InChI=1S/C24H33ClN6O3/c1-24(2,3)34-23(33)28-16-7-5-6-15(10-16)22(32)29-21-11-17(19(25)13-26-21)18-12-27-31-9-8-30(4)14-20(18)31/h11-13,15-16H,5-10,14H2,1-4H3,(H,28,33)(H,26,29,32)/t15-,16+/m0/s1. The molecule has 2 aromatic heterocycles. The maximum absolute atomic E-state index is 13.0. The van der Waals surface area contributed by atoms with Crippen molar-refractivity contribution in [3.8, 4) is 11.1 Å². The number of carbonyl (C=O) groups excluding carboxylic acids is 2. The van der Waals surface area contributed by atoms with E-state index in [1.54, 1.807) is 6.20 Å². The Hall–Kier alpha value is -2.65. The minimum absolute atomic E-state index is 0.0935. The first kappa shape index (κ1) is 24.5. The van der Waals surface area contributed by atoms with Gasteiger partial charge in [-0.15, -0.1) is 0 Å². The molecule has 0 saturated heterocycles. The van der Waals surface area contributed by atoms with Crippen LogP contribution in [0.1, 0.15) is 52.1 Å². The summed E-state index contributed by atoms with van der Waals surface area (Å²) >= 11 is 6.49. The summed E-state index contributed by atoms with van der Waals surface area (Å²) in [6, 6.07) is 1.72. The monoisotopic (exact) mass is 488 g/mol. The van der Waals surface area contributed by atoms with Crippen molar-refractivity contribution in [2.45, 2.75) is 71.2 Å². The number of pyridine rings is 1. The van der Waals surface area contributed by atoms with E-state index in [0.29, 0.717) is 17.3 Å². The third kappa shape index (κ3) is 5.88. The molecule has 2 N–H and O–H groups in total. The molecule has 1 fully saturated rings. The molecule has 1 aliphatic carbocycles. The van der Waals surface area contributed by atoms with Gasteiger partial charge in [0, 0.05) is 42.4 Å². The number of fused-ring (bicyclic) bond motifs is 1. The summed E-state index contributed by atoms with van der Waals surface area (Å²) in [6.07, 6.45) is 5.96. The van der Waals surface area contributed by atoms with Crippen LogP contribution >= 0.6 is 11.6 Å². The van der Waals surface area contributed by atoms with Gasteiger partial charge in [-0.05, 0) is 53.1 Å². The van der Waals surface area contributed by atoms with Crippen LogP contribution in [0.25, 0.3) is 11.1 Å². The zero-order valence-electron chi connectivity index (χ0n) is 20.2. The highest BCUT2D eigenvalue weighted by atomic mass is 35.5. The molecular formula is C24H33ClN6O3. The van der Waals surface area contributed by atoms with Crippen LogP contribution in [0.15, 0.2) is 18.5 Å². The largest absolute Gasteiger partial charge is 0.444 e. The molecule has 2 atom stereocenters. The van der Waals surface area contributed by atoms with E-state index in [-0.39, 0.29) is 17.9 Å². The van der Waals surface area contributed by atoms with E-state index in [9.17, 15) is 9.59 Å². The molecular weight excluding hydrogens is 456 g/mol. The number of hydrogen-bond donors (Lipinski definition) is 2. The first-order valence-corrected chi connectivity index (χ1v) is 12.2. The van der Waals surface area contributed by atoms with E-state index in [0.717, 1.165) is 55.7 Å². The van der Waals surface area contributed by atoms with Gasteiger partial charge in [-0.25, -0.2) is 9.78 Å².